The molecule has 0 aromatic heterocycles. The molecule has 0 N–H and O–H groups in total. The van der Waals surface area contributed by atoms with E-state index in [0.717, 1.165) is 5.92 Å². The van der Waals surface area contributed by atoms with Crippen LogP contribution in [0.15, 0.2) is 23.8 Å². The first kappa shape index (κ1) is 6.60. The first-order valence-electron chi connectivity index (χ1n) is 3.57. The van der Waals surface area contributed by atoms with Crippen molar-refractivity contribution >= 4 is 0 Å². The molecule has 0 saturated heterocycles. The van der Waals surface area contributed by atoms with Crippen LogP contribution in [0.3, 0.4) is 0 Å². The topological polar surface area (TPSA) is 0 Å². The van der Waals surface area contributed by atoms with Gasteiger partial charge in [0.15, 0.2) is 0 Å². The van der Waals surface area contributed by atoms with Crippen molar-refractivity contribution in [2.24, 2.45) is 5.92 Å². The largest absolute Gasteiger partial charge is 0.0956 e. The van der Waals surface area contributed by atoms with Crippen molar-refractivity contribution in [1.82, 2.24) is 0 Å². The van der Waals surface area contributed by atoms with E-state index in [1.165, 1.54) is 24.0 Å². The van der Waals surface area contributed by atoms with E-state index in [-0.39, 0.29) is 0 Å². The maximum atomic E-state index is 3.99. The summed E-state index contributed by atoms with van der Waals surface area (Å²) < 4.78 is 0. The lowest BCUT2D eigenvalue weighted by atomic mass is 10.1. The van der Waals surface area contributed by atoms with Crippen molar-refractivity contribution in [2.45, 2.75) is 26.7 Å². The molecule has 1 unspecified atom stereocenters. The van der Waals surface area contributed by atoms with Gasteiger partial charge < -0.3 is 0 Å². The molecule has 0 bridgehead atoms. The van der Waals surface area contributed by atoms with Gasteiger partial charge in [-0.3, -0.25) is 0 Å². The van der Waals surface area contributed by atoms with Crippen LogP contribution in [0, 0.1) is 5.92 Å². The van der Waals surface area contributed by atoms with Crippen LogP contribution in [0.2, 0.25) is 0 Å². The van der Waals surface area contributed by atoms with E-state index in [9.17, 15) is 0 Å². The summed E-state index contributed by atoms with van der Waals surface area (Å²) >= 11 is 0. The fraction of sp³-hybridized carbons (Fsp3) is 0.556. The number of hydrogen-bond donors (Lipinski definition) is 0. The van der Waals surface area contributed by atoms with E-state index in [2.05, 4.69) is 26.5 Å². The summed E-state index contributed by atoms with van der Waals surface area (Å²) in [7, 11) is 0. The SMILES string of the molecule is C=C1CC(C)CC1=CC. The van der Waals surface area contributed by atoms with Gasteiger partial charge in [-0.15, -0.1) is 0 Å². The molecule has 0 nitrogen and oxygen atoms in total. The number of allylic oxidation sites excluding steroid dienone is 3. The Morgan fingerprint density at radius 3 is 2.44 bits per heavy atom. The summed E-state index contributed by atoms with van der Waals surface area (Å²) in [6, 6.07) is 0. The molecule has 1 rings (SSSR count). The van der Waals surface area contributed by atoms with E-state index in [0.29, 0.717) is 0 Å². The quantitative estimate of drug-likeness (QED) is 0.463. The van der Waals surface area contributed by atoms with E-state index < -0.39 is 0 Å². The second-order valence-electron chi connectivity index (χ2n) is 2.93. The molecule has 1 aliphatic rings. The van der Waals surface area contributed by atoms with Crippen LogP contribution in [0.1, 0.15) is 26.7 Å². The highest BCUT2D eigenvalue weighted by Crippen LogP contribution is 2.33. The lowest BCUT2D eigenvalue weighted by Gasteiger charge is -1.92. The Morgan fingerprint density at radius 2 is 2.22 bits per heavy atom. The molecule has 0 heterocycles. The minimum absolute atomic E-state index is 0.837. The minimum Gasteiger partial charge on any atom is -0.0956 e. The third kappa shape index (κ3) is 1.24. The molecule has 9 heavy (non-hydrogen) atoms. The highest BCUT2D eigenvalue weighted by atomic mass is 14.2. The maximum absolute atomic E-state index is 3.99. The second kappa shape index (κ2) is 2.38. The molecule has 1 fully saturated rings. The summed E-state index contributed by atoms with van der Waals surface area (Å²) in [5.74, 6) is 0.837. The monoisotopic (exact) mass is 122 g/mol. The van der Waals surface area contributed by atoms with Crippen molar-refractivity contribution in [3.05, 3.63) is 23.8 Å². The maximum Gasteiger partial charge on any atom is -0.0251 e. The van der Waals surface area contributed by atoms with Crippen LogP contribution in [0.4, 0.5) is 0 Å². The molecule has 0 radical (unpaired) electrons. The number of rotatable bonds is 0. The second-order valence-corrected chi connectivity index (χ2v) is 2.93. The van der Waals surface area contributed by atoms with E-state index in [1.54, 1.807) is 0 Å². The summed E-state index contributed by atoms with van der Waals surface area (Å²) in [6.07, 6.45) is 4.64. The molecule has 0 amide bonds. The molecular weight excluding hydrogens is 108 g/mol. The third-order valence-electron chi connectivity index (χ3n) is 1.97. The fourth-order valence-electron chi connectivity index (χ4n) is 1.47. The van der Waals surface area contributed by atoms with Gasteiger partial charge in [0.25, 0.3) is 0 Å². The average molecular weight is 122 g/mol. The van der Waals surface area contributed by atoms with Crippen molar-refractivity contribution in [1.29, 1.82) is 0 Å². The van der Waals surface area contributed by atoms with Crippen molar-refractivity contribution < 1.29 is 0 Å². The zero-order valence-electron chi connectivity index (χ0n) is 6.28. The molecular formula is C9H14. The van der Waals surface area contributed by atoms with Gasteiger partial charge in [-0.25, -0.2) is 0 Å². The van der Waals surface area contributed by atoms with Crippen molar-refractivity contribution in [3.8, 4) is 0 Å². The summed E-state index contributed by atoms with van der Waals surface area (Å²) in [5.41, 5.74) is 2.83. The van der Waals surface area contributed by atoms with E-state index in [4.69, 9.17) is 0 Å². The summed E-state index contributed by atoms with van der Waals surface area (Å²) in [5, 5.41) is 0. The first-order valence-corrected chi connectivity index (χ1v) is 3.57. The Kier molecular flexibility index (Phi) is 1.75. The number of hydrogen-bond acceptors (Lipinski definition) is 0. The fourth-order valence-corrected chi connectivity index (χ4v) is 1.47. The van der Waals surface area contributed by atoms with Crippen LogP contribution in [0.25, 0.3) is 0 Å². The van der Waals surface area contributed by atoms with Gasteiger partial charge in [0.05, 0.1) is 0 Å². The van der Waals surface area contributed by atoms with Crippen LogP contribution in [-0.4, -0.2) is 0 Å². The zero-order valence-corrected chi connectivity index (χ0v) is 6.28. The molecule has 1 aliphatic carbocycles. The van der Waals surface area contributed by atoms with Crippen LogP contribution < -0.4 is 0 Å². The molecule has 50 valence electrons. The molecule has 1 atom stereocenters. The van der Waals surface area contributed by atoms with Gasteiger partial charge in [-0.2, -0.15) is 0 Å². The summed E-state index contributed by atoms with van der Waals surface area (Å²) in [6.45, 7) is 8.36. The standard InChI is InChI=1S/C9H14/c1-4-9-6-7(2)5-8(9)3/h4,7H,3,5-6H2,1-2H3. The van der Waals surface area contributed by atoms with E-state index in [1.807, 2.05) is 0 Å². The van der Waals surface area contributed by atoms with Crippen LogP contribution in [0.5, 0.6) is 0 Å². The normalized spacial score (nSPS) is 32.0. The minimum atomic E-state index is 0.837. The van der Waals surface area contributed by atoms with Gasteiger partial charge in [0, 0.05) is 0 Å². The average Bonchev–Trinajstić information content (AvgIpc) is 2.10. The van der Waals surface area contributed by atoms with Gasteiger partial charge in [-0.05, 0) is 31.3 Å². The lowest BCUT2D eigenvalue weighted by molar-refractivity contribution is 0.641. The molecule has 0 aromatic rings. The van der Waals surface area contributed by atoms with Crippen molar-refractivity contribution in [3.63, 3.8) is 0 Å². The highest BCUT2D eigenvalue weighted by Gasteiger charge is 2.16. The Labute approximate surface area is 57.3 Å². The molecule has 1 saturated carbocycles. The Hall–Kier alpha value is -0.520. The first-order chi connectivity index (χ1) is 4.24. The highest BCUT2D eigenvalue weighted by molar-refractivity contribution is 5.32. The third-order valence-corrected chi connectivity index (χ3v) is 1.97. The van der Waals surface area contributed by atoms with Gasteiger partial charge in [0.1, 0.15) is 0 Å². The van der Waals surface area contributed by atoms with Crippen LogP contribution >= 0.6 is 0 Å². The van der Waals surface area contributed by atoms with E-state index >= 15 is 0 Å². The van der Waals surface area contributed by atoms with Crippen molar-refractivity contribution in [2.75, 3.05) is 0 Å². The zero-order chi connectivity index (χ0) is 6.85. The predicted molar refractivity (Wildman–Crippen MR) is 41.3 cm³/mol. The van der Waals surface area contributed by atoms with Gasteiger partial charge in [-0.1, -0.05) is 25.2 Å². The Bertz CT molecular complexity index is 151. The Balaban J connectivity index is 2.70. The predicted octanol–water partition coefficient (Wildman–Crippen LogP) is 2.92. The molecule has 0 aliphatic heterocycles. The lowest BCUT2D eigenvalue weighted by Crippen LogP contribution is -1.80. The Morgan fingerprint density at radius 1 is 1.56 bits per heavy atom. The smallest absolute Gasteiger partial charge is 0.0251 e. The molecule has 0 heteroatoms. The van der Waals surface area contributed by atoms with Gasteiger partial charge in [0.2, 0.25) is 0 Å². The van der Waals surface area contributed by atoms with Gasteiger partial charge >= 0.3 is 0 Å². The molecule has 0 spiro atoms. The summed E-state index contributed by atoms with van der Waals surface area (Å²) in [4.78, 5) is 0. The van der Waals surface area contributed by atoms with Crippen LogP contribution in [-0.2, 0) is 0 Å². The molecule has 0 aromatic carbocycles.